The summed E-state index contributed by atoms with van der Waals surface area (Å²) in [4.78, 5) is 33.1. The van der Waals surface area contributed by atoms with Crippen LogP contribution in [0.25, 0.3) is 28.2 Å². The van der Waals surface area contributed by atoms with Gasteiger partial charge in [0.15, 0.2) is 0 Å². The molecule has 4 rings (SSSR count). The quantitative estimate of drug-likeness (QED) is 0.362. The topological polar surface area (TPSA) is 97.6 Å². The maximum atomic E-state index is 13.7. The molecule has 186 valence electrons. The number of carbonyl (C=O) groups is 2. The van der Waals surface area contributed by atoms with Crippen molar-refractivity contribution in [2.24, 2.45) is 0 Å². The summed E-state index contributed by atoms with van der Waals surface area (Å²) in [6, 6.07) is 13.4. The second-order valence-electron chi connectivity index (χ2n) is 9.28. The maximum absolute atomic E-state index is 13.7. The number of benzene rings is 2. The van der Waals surface area contributed by atoms with Crippen molar-refractivity contribution in [2.75, 3.05) is 13.1 Å². The molecule has 0 saturated carbocycles. The Morgan fingerprint density at radius 3 is 2.42 bits per heavy atom. The largest absolute Gasteiger partial charge is 0.444 e. The number of alkyl carbamates (subject to hydrolysis) is 1. The van der Waals surface area contributed by atoms with Crippen LogP contribution in [0.3, 0.4) is 0 Å². The first-order chi connectivity index (χ1) is 17.2. The molecule has 0 unspecified atom stereocenters. The second kappa shape index (κ2) is 10.6. The fourth-order valence-corrected chi connectivity index (χ4v) is 3.57. The van der Waals surface area contributed by atoms with Crippen molar-refractivity contribution >= 4 is 17.5 Å². The predicted octanol–water partition coefficient (Wildman–Crippen LogP) is 4.85. The number of fused-ring (bicyclic) bond motifs is 1. The van der Waals surface area contributed by atoms with E-state index in [-0.39, 0.29) is 11.7 Å². The van der Waals surface area contributed by atoms with E-state index in [0.29, 0.717) is 42.2 Å². The minimum Gasteiger partial charge on any atom is -0.444 e. The minimum absolute atomic E-state index is 0.204. The van der Waals surface area contributed by atoms with E-state index in [1.54, 1.807) is 57.4 Å². The molecule has 0 atom stereocenters. The highest BCUT2D eigenvalue weighted by Crippen LogP contribution is 2.24. The van der Waals surface area contributed by atoms with Crippen molar-refractivity contribution in [3.05, 3.63) is 78.5 Å². The van der Waals surface area contributed by atoms with Gasteiger partial charge < -0.3 is 15.4 Å². The molecule has 0 aliphatic carbocycles. The van der Waals surface area contributed by atoms with Crippen LogP contribution in [0, 0.1) is 5.82 Å². The average Bonchev–Trinajstić information content (AvgIpc) is 3.26. The van der Waals surface area contributed by atoms with Gasteiger partial charge in [0.1, 0.15) is 17.2 Å². The molecular weight excluding hydrogens is 461 g/mol. The molecule has 4 aromatic rings. The Labute approximate surface area is 208 Å². The Morgan fingerprint density at radius 2 is 1.69 bits per heavy atom. The van der Waals surface area contributed by atoms with Crippen LogP contribution in [0.1, 0.15) is 37.6 Å². The molecule has 0 aliphatic rings. The van der Waals surface area contributed by atoms with Gasteiger partial charge >= 0.3 is 6.09 Å². The Morgan fingerprint density at radius 1 is 0.972 bits per heavy atom. The van der Waals surface area contributed by atoms with Gasteiger partial charge in [0, 0.05) is 36.0 Å². The van der Waals surface area contributed by atoms with Gasteiger partial charge in [-0.3, -0.25) is 14.2 Å². The van der Waals surface area contributed by atoms with E-state index in [0.717, 1.165) is 11.1 Å². The van der Waals surface area contributed by atoms with Gasteiger partial charge in [-0.25, -0.2) is 14.2 Å². The lowest BCUT2D eigenvalue weighted by molar-refractivity contribution is 0.0527. The number of nitrogens with zero attached hydrogens (tertiary/aromatic N) is 3. The van der Waals surface area contributed by atoms with Crippen molar-refractivity contribution < 1.29 is 18.7 Å². The zero-order chi connectivity index (χ0) is 25.7. The summed E-state index contributed by atoms with van der Waals surface area (Å²) in [5.74, 6) is 0.156. The number of halogens is 1. The number of imidazole rings is 1. The van der Waals surface area contributed by atoms with Crippen LogP contribution >= 0.6 is 0 Å². The minimum atomic E-state index is -0.548. The van der Waals surface area contributed by atoms with Gasteiger partial charge in [0.25, 0.3) is 5.91 Å². The summed E-state index contributed by atoms with van der Waals surface area (Å²) >= 11 is 0. The molecule has 36 heavy (non-hydrogen) atoms. The average molecular weight is 490 g/mol. The first-order valence-electron chi connectivity index (χ1n) is 11.6. The fraction of sp³-hybridized carbons (Fsp3) is 0.259. The van der Waals surface area contributed by atoms with Gasteiger partial charge in [-0.2, -0.15) is 0 Å². The van der Waals surface area contributed by atoms with E-state index in [4.69, 9.17) is 4.74 Å². The molecule has 2 aromatic heterocycles. The monoisotopic (exact) mass is 489 g/mol. The van der Waals surface area contributed by atoms with Gasteiger partial charge in [-0.05, 0) is 51.5 Å². The SMILES string of the molecule is CC(C)(C)OC(=O)NCCCNC(=O)c1ccc(-c2ncc3cnc(-c4cccc(F)c4)cn23)cc1. The highest BCUT2D eigenvalue weighted by atomic mass is 19.1. The molecule has 2 N–H and O–H groups in total. The van der Waals surface area contributed by atoms with E-state index in [1.807, 2.05) is 22.7 Å². The van der Waals surface area contributed by atoms with E-state index in [1.165, 1.54) is 12.1 Å². The molecule has 8 nitrogen and oxygen atoms in total. The van der Waals surface area contributed by atoms with Crippen LogP contribution in [0.5, 0.6) is 0 Å². The number of rotatable bonds is 7. The molecular formula is C27H28FN5O3. The zero-order valence-corrected chi connectivity index (χ0v) is 20.4. The number of hydrogen-bond acceptors (Lipinski definition) is 5. The van der Waals surface area contributed by atoms with Crippen LogP contribution in [0.2, 0.25) is 0 Å². The first kappa shape index (κ1) is 24.8. The Hall–Kier alpha value is -4.27. The third-order valence-electron chi connectivity index (χ3n) is 5.25. The normalized spacial score (nSPS) is 11.3. The molecule has 0 bridgehead atoms. The zero-order valence-electron chi connectivity index (χ0n) is 20.4. The summed E-state index contributed by atoms with van der Waals surface area (Å²) in [6.07, 6.45) is 5.32. The van der Waals surface area contributed by atoms with Crippen LogP contribution in [0.15, 0.2) is 67.1 Å². The highest BCUT2D eigenvalue weighted by molar-refractivity contribution is 5.94. The van der Waals surface area contributed by atoms with Crippen LogP contribution in [-0.2, 0) is 4.74 Å². The van der Waals surface area contributed by atoms with E-state index in [9.17, 15) is 14.0 Å². The van der Waals surface area contributed by atoms with Crippen LogP contribution in [-0.4, -0.2) is 45.1 Å². The fourth-order valence-electron chi connectivity index (χ4n) is 3.57. The number of ether oxygens (including phenoxy) is 1. The van der Waals surface area contributed by atoms with Crippen LogP contribution in [0.4, 0.5) is 9.18 Å². The predicted molar refractivity (Wildman–Crippen MR) is 135 cm³/mol. The van der Waals surface area contributed by atoms with E-state index < -0.39 is 11.7 Å². The van der Waals surface area contributed by atoms with Gasteiger partial charge in [0.05, 0.1) is 23.6 Å². The number of carbonyl (C=O) groups excluding carboxylic acids is 2. The van der Waals surface area contributed by atoms with Crippen molar-refractivity contribution in [1.82, 2.24) is 25.0 Å². The van der Waals surface area contributed by atoms with Crippen molar-refractivity contribution in [1.29, 1.82) is 0 Å². The molecule has 2 heterocycles. The van der Waals surface area contributed by atoms with Gasteiger partial charge in [-0.15, -0.1) is 0 Å². The summed E-state index contributed by atoms with van der Waals surface area (Å²) in [6.45, 7) is 6.21. The standard InChI is InChI=1S/C27H28FN5O3/c1-27(2,3)36-26(35)30-13-5-12-29-25(34)19-10-8-18(9-11-19)24-32-16-22-15-31-23(17-33(22)24)20-6-4-7-21(28)14-20/h4,6-11,14-17H,5,12-13H2,1-3H3,(H,29,34)(H,30,35). The molecule has 0 fully saturated rings. The molecule has 0 aliphatic heterocycles. The lowest BCUT2D eigenvalue weighted by atomic mass is 10.1. The van der Waals surface area contributed by atoms with Crippen molar-refractivity contribution in [3.63, 3.8) is 0 Å². The maximum Gasteiger partial charge on any atom is 0.407 e. The molecule has 2 aromatic carbocycles. The summed E-state index contributed by atoms with van der Waals surface area (Å²) in [7, 11) is 0. The Balaban J connectivity index is 1.37. The summed E-state index contributed by atoms with van der Waals surface area (Å²) in [5.41, 5.74) is 2.88. The summed E-state index contributed by atoms with van der Waals surface area (Å²) in [5, 5.41) is 5.51. The Kier molecular flexibility index (Phi) is 7.28. The summed E-state index contributed by atoms with van der Waals surface area (Å²) < 4.78 is 20.7. The number of hydrogen-bond donors (Lipinski definition) is 2. The van der Waals surface area contributed by atoms with Crippen molar-refractivity contribution in [2.45, 2.75) is 32.8 Å². The highest BCUT2D eigenvalue weighted by Gasteiger charge is 2.15. The van der Waals surface area contributed by atoms with Gasteiger partial charge in [0.2, 0.25) is 0 Å². The second-order valence-corrected chi connectivity index (χ2v) is 9.28. The number of amides is 2. The molecule has 0 radical (unpaired) electrons. The molecule has 0 saturated heterocycles. The first-order valence-corrected chi connectivity index (χ1v) is 11.6. The Bertz CT molecular complexity index is 1380. The third-order valence-corrected chi connectivity index (χ3v) is 5.25. The smallest absolute Gasteiger partial charge is 0.407 e. The number of aromatic nitrogens is 3. The molecule has 0 spiro atoms. The van der Waals surface area contributed by atoms with Crippen molar-refractivity contribution in [3.8, 4) is 22.6 Å². The third kappa shape index (κ3) is 6.24. The van der Waals surface area contributed by atoms with E-state index in [2.05, 4.69) is 20.6 Å². The van der Waals surface area contributed by atoms with E-state index >= 15 is 0 Å². The lowest BCUT2D eigenvalue weighted by Gasteiger charge is -2.19. The number of nitrogens with one attached hydrogen (secondary N) is 2. The lowest BCUT2D eigenvalue weighted by Crippen LogP contribution is -2.34. The molecule has 9 heteroatoms. The van der Waals surface area contributed by atoms with Gasteiger partial charge in [-0.1, -0.05) is 24.3 Å². The molecule has 2 amide bonds. The van der Waals surface area contributed by atoms with Crippen LogP contribution < -0.4 is 10.6 Å².